The van der Waals surface area contributed by atoms with Gasteiger partial charge >= 0.3 is 0 Å². The van der Waals surface area contributed by atoms with Gasteiger partial charge in [0.05, 0.1) is 6.26 Å². The summed E-state index contributed by atoms with van der Waals surface area (Å²) in [5.74, 6) is 2.80. The molecule has 0 saturated heterocycles. The first-order valence-electron chi connectivity index (χ1n) is 9.74. The zero-order valence-corrected chi connectivity index (χ0v) is 19.3. The van der Waals surface area contributed by atoms with Crippen molar-refractivity contribution in [2.24, 2.45) is 10.4 Å². The summed E-state index contributed by atoms with van der Waals surface area (Å²) < 4.78 is 5.30. The molecule has 0 fully saturated rings. The summed E-state index contributed by atoms with van der Waals surface area (Å²) in [6, 6.07) is 3.65. The van der Waals surface area contributed by atoms with Crippen molar-refractivity contribution in [3.63, 3.8) is 0 Å². The second-order valence-corrected chi connectivity index (χ2v) is 6.64. The number of furan rings is 1. The molecular weight excluding hydrogens is 471 g/mol. The van der Waals surface area contributed by atoms with E-state index in [-0.39, 0.29) is 36.0 Å². The fraction of sp³-hybridized carbons (Fsp3) is 0.632. The molecule has 9 heteroatoms. The molecule has 0 atom stereocenters. The van der Waals surface area contributed by atoms with Crippen LogP contribution in [0.3, 0.4) is 0 Å². The lowest BCUT2D eigenvalue weighted by molar-refractivity contribution is 0.175. The van der Waals surface area contributed by atoms with Crippen molar-refractivity contribution in [2.75, 3.05) is 26.2 Å². The Morgan fingerprint density at radius 3 is 2.68 bits per heavy atom. The number of H-pyrrole nitrogens is 1. The number of aliphatic imine (C=N–C) groups is 1. The first-order chi connectivity index (χ1) is 13.2. The van der Waals surface area contributed by atoms with Crippen LogP contribution in [0, 0.1) is 5.41 Å². The SMILES string of the molecule is CCNC(=NCC(CC)(CC)CCO)NCCc1nc(-c2ccco2)n[nH]1.I. The number of nitrogens with zero attached hydrogens (tertiary/aromatic N) is 3. The Hall–Kier alpha value is -1.62. The molecule has 0 aliphatic heterocycles. The molecule has 2 rings (SSSR count). The number of halogens is 1. The van der Waals surface area contributed by atoms with Gasteiger partial charge in [0.2, 0.25) is 5.82 Å². The Morgan fingerprint density at radius 1 is 1.29 bits per heavy atom. The molecule has 158 valence electrons. The molecule has 0 unspecified atom stereocenters. The zero-order valence-electron chi connectivity index (χ0n) is 17.0. The van der Waals surface area contributed by atoms with Gasteiger partial charge in [-0.25, -0.2) is 4.98 Å². The van der Waals surface area contributed by atoms with Crippen LogP contribution in [0.15, 0.2) is 27.8 Å². The molecule has 4 N–H and O–H groups in total. The summed E-state index contributed by atoms with van der Waals surface area (Å²) >= 11 is 0. The van der Waals surface area contributed by atoms with E-state index < -0.39 is 0 Å². The van der Waals surface area contributed by atoms with Crippen LogP contribution >= 0.6 is 24.0 Å². The van der Waals surface area contributed by atoms with Gasteiger partial charge in [-0.2, -0.15) is 5.10 Å². The van der Waals surface area contributed by atoms with Gasteiger partial charge in [0.15, 0.2) is 11.7 Å². The molecule has 2 aromatic rings. The van der Waals surface area contributed by atoms with Crippen LogP contribution in [0.5, 0.6) is 0 Å². The first-order valence-corrected chi connectivity index (χ1v) is 9.74. The number of aromatic amines is 1. The molecule has 0 spiro atoms. The molecule has 2 heterocycles. The highest BCUT2D eigenvalue weighted by Crippen LogP contribution is 2.30. The van der Waals surface area contributed by atoms with E-state index >= 15 is 0 Å². The van der Waals surface area contributed by atoms with Crippen LogP contribution < -0.4 is 10.6 Å². The van der Waals surface area contributed by atoms with E-state index in [4.69, 9.17) is 9.41 Å². The van der Waals surface area contributed by atoms with Gasteiger partial charge in [-0.05, 0) is 43.7 Å². The van der Waals surface area contributed by atoms with Gasteiger partial charge in [0.25, 0.3) is 0 Å². The fourth-order valence-corrected chi connectivity index (χ4v) is 2.95. The minimum Gasteiger partial charge on any atom is -0.461 e. The molecule has 28 heavy (non-hydrogen) atoms. The summed E-state index contributed by atoms with van der Waals surface area (Å²) in [7, 11) is 0. The van der Waals surface area contributed by atoms with Crippen molar-refractivity contribution in [2.45, 2.75) is 46.5 Å². The Balaban J connectivity index is 0.00000392. The van der Waals surface area contributed by atoms with E-state index in [1.807, 2.05) is 19.1 Å². The minimum absolute atomic E-state index is 0. The summed E-state index contributed by atoms with van der Waals surface area (Å²) in [5.41, 5.74) is 0.0555. The molecule has 0 saturated carbocycles. The smallest absolute Gasteiger partial charge is 0.216 e. The van der Waals surface area contributed by atoms with Crippen LogP contribution in [0.25, 0.3) is 11.6 Å². The number of aliphatic hydroxyl groups excluding tert-OH is 1. The maximum absolute atomic E-state index is 9.37. The van der Waals surface area contributed by atoms with Gasteiger partial charge in [-0.3, -0.25) is 10.1 Å². The van der Waals surface area contributed by atoms with Crippen LogP contribution in [0.1, 0.15) is 45.9 Å². The standard InChI is InChI=1S/C19H32N6O2.HI/c1-4-19(5-2,10-12-26)14-22-18(20-6-3)21-11-9-16-23-17(25-24-16)15-8-7-13-27-15;/h7-8,13,26H,4-6,9-12,14H2,1-3H3,(H2,20,21,22)(H,23,24,25);1H. The Labute approximate surface area is 184 Å². The summed E-state index contributed by atoms with van der Waals surface area (Å²) in [6.07, 6.45) is 5.08. The van der Waals surface area contributed by atoms with Crippen molar-refractivity contribution < 1.29 is 9.52 Å². The monoisotopic (exact) mass is 504 g/mol. The number of aromatic nitrogens is 3. The van der Waals surface area contributed by atoms with E-state index in [0.717, 1.165) is 37.6 Å². The molecule has 2 aromatic heterocycles. The van der Waals surface area contributed by atoms with Crippen molar-refractivity contribution in [3.8, 4) is 11.6 Å². The van der Waals surface area contributed by atoms with Crippen molar-refractivity contribution in [3.05, 3.63) is 24.2 Å². The third kappa shape index (κ3) is 7.08. The number of hydrogen-bond acceptors (Lipinski definition) is 5. The van der Waals surface area contributed by atoms with Crippen molar-refractivity contribution in [1.82, 2.24) is 25.8 Å². The van der Waals surface area contributed by atoms with Crippen LogP contribution in [-0.2, 0) is 6.42 Å². The van der Waals surface area contributed by atoms with E-state index in [2.05, 4.69) is 39.7 Å². The summed E-state index contributed by atoms with van der Waals surface area (Å²) in [6.45, 7) is 8.74. The van der Waals surface area contributed by atoms with Crippen molar-refractivity contribution >= 4 is 29.9 Å². The number of hydrogen-bond donors (Lipinski definition) is 4. The lowest BCUT2D eigenvalue weighted by Crippen LogP contribution is -2.39. The molecule has 0 amide bonds. The van der Waals surface area contributed by atoms with E-state index in [1.165, 1.54) is 0 Å². The topological polar surface area (TPSA) is 111 Å². The van der Waals surface area contributed by atoms with Gasteiger partial charge < -0.3 is 20.2 Å². The van der Waals surface area contributed by atoms with E-state index in [0.29, 0.717) is 31.1 Å². The van der Waals surface area contributed by atoms with E-state index in [1.54, 1.807) is 6.26 Å². The highest BCUT2D eigenvalue weighted by atomic mass is 127. The lowest BCUT2D eigenvalue weighted by atomic mass is 9.79. The Bertz CT molecular complexity index is 682. The molecule has 8 nitrogen and oxygen atoms in total. The fourth-order valence-electron chi connectivity index (χ4n) is 2.95. The molecular formula is C19H33IN6O2. The summed E-state index contributed by atoms with van der Waals surface area (Å²) in [5, 5.41) is 23.1. The lowest BCUT2D eigenvalue weighted by Gasteiger charge is -2.29. The maximum Gasteiger partial charge on any atom is 0.216 e. The molecule has 0 aliphatic carbocycles. The van der Waals surface area contributed by atoms with Crippen LogP contribution in [-0.4, -0.2) is 52.5 Å². The van der Waals surface area contributed by atoms with Gasteiger partial charge in [0.1, 0.15) is 5.82 Å². The third-order valence-corrected chi connectivity index (χ3v) is 4.99. The Morgan fingerprint density at radius 2 is 2.07 bits per heavy atom. The third-order valence-electron chi connectivity index (χ3n) is 4.99. The van der Waals surface area contributed by atoms with E-state index in [9.17, 15) is 5.11 Å². The van der Waals surface area contributed by atoms with Crippen LogP contribution in [0.4, 0.5) is 0 Å². The first kappa shape index (κ1) is 24.4. The zero-order chi connectivity index (χ0) is 19.5. The highest BCUT2D eigenvalue weighted by Gasteiger charge is 2.25. The predicted molar refractivity (Wildman–Crippen MR) is 122 cm³/mol. The number of nitrogens with one attached hydrogen (secondary N) is 3. The molecule has 0 radical (unpaired) electrons. The Kier molecular flexibility index (Phi) is 11.1. The average Bonchev–Trinajstić information content (AvgIpc) is 3.36. The average molecular weight is 504 g/mol. The van der Waals surface area contributed by atoms with Gasteiger partial charge in [-0.1, -0.05) is 13.8 Å². The number of guanidine groups is 1. The number of aliphatic hydroxyl groups is 1. The highest BCUT2D eigenvalue weighted by molar-refractivity contribution is 14.0. The normalized spacial score (nSPS) is 11.9. The van der Waals surface area contributed by atoms with Gasteiger partial charge in [-0.15, -0.1) is 24.0 Å². The molecule has 0 bridgehead atoms. The predicted octanol–water partition coefficient (Wildman–Crippen LogP) is 2.97. The molecule has 0 aliphatic rings. The van der Waals surface area contributed by atoms with Gasteiger partial charge in [0, 0.05) is 32.7 Å². The summed E-state index contributed by atoms with van der Waals surface area (Å²) in [4.78, 5) is 9.19. The number of rotatable bonds is 11. The second-order valence-electron chi connectivity index (χ2n) is 6.64. The minimum atomic E-state index is 0. The second kappa shape index (κ2) is 12.8. The maximum atomic E-state index is 9.37. The largest absolute Gasteiger partial charge is 0.461 e. The van der Waals surface area contributed by atoms with Crippen LogP contribution in [0.2, 0.25) is 0 Å². The molecule has 0 aromatic carbocycles. The van der Waals surface area contributed by atoms with Crippen molar-refractivity contribution in [1.29, 1.82) is 0 Å². The quantitative estimate of drug-likeness (QED) is 0.213.